The molecular formula is C14H22ClN3O2. The topological polar surface area (TPSA) is 84.2 Å². The van der Waals surface area contributed by atoms with E-state index >= 15 is 0 Å². The molecule has 20 heavy (non-hydrogen) atoms. The molecule has 1 aromatic rings. The van der Waals surface area contributed by atoms with Crippen LogP contribution in [-0.2, 0) is 9.59 Å². The fourth-order valence-corrected chi connectivity index (χ4v) is 1.89. The van der Waals surface area contributed by atoms with E-state index in [2.05, 4.69) is 10.6 Å². The van der Waals surface area contributed by atoms with Crippen molar-refractivity contribution >= 4 is 29.9 Å². The third-order valence-corrected chi connectivity index (χ3v) is 3.28. The molecule has 0 aliphatic heterocycles. The van der Waals surface area contributed by atoms with Gasteiger partial charge in [0.2, 0.25) is 11.8 Å². The lowest BCUT2D eigenvalue weighted by Crippen LogP contribution is -2.57. The number of anilines is 1. The summed E-state index contributed by atoms with van der Waals surface area (Å²) < 4.78 is 0. The molecule has 0 saturated heterocycles. The first-order valence-electron chi connectivity index (χ1n) is 6.44. The summed E-state index contributed by atoms with van der Waals surface area (Å²) >= 11 is 0. The average Bonchev–Trinajstić information content (AvgIpc) is 2.43. The van der Waals surface area contributed by atoms with Gasteiger partial charge in [-0.3, -0.25) is 9.59 Å². The number of hydrogen-bond donors (Lipinski definition) is 3. The highest BCUT2D eigenvalue weighted by atomic mass is 35.5. The lowest BCUT2D eigenvalue weighted by Gasteiger charge is -2.29. The Morgan fingerprint density at radius 1 is 1.15 bits per heavy atom. The highest BCUT2D eigenvalue weighted by Gasteiger charge is 2.34. The van der Waals surface area contributed by atoms with E-state index in [0.29, 0.717) is 12.8 Å². The third kappa shape index (κ3) is 4.74. The van der Waals surface area contributed by atoms with Crippen molar-refractivity contribution in [2.45, 2.75) is 32.2 Å². The van der Waals surface area contributed by atoms with Crippen molar-refractivity contribution in [3.05, 3.63) is 30.3 Å². The average molecular weight is 300 g/mol. The minimum atomic E-state index is -0.949. The Kier molecular flexibility index (Phi) is 7.69. The van der Waals surface area contributed by atoms with Gasteiger partial charge in [0.05, 0.1) is 6.54 Å². The van der Waals surface area contributed by atoms with E-state index in [-0.39, 0.29) is 24.9 Å². The molecule has 0 saturated carbocycles. The smallest absolute Gasteiger partial charge is 0.243 e. The molecule has 0 unspecified atom stereocenters. The molecule has 0 aliphatic carbocycles. The SMILES string of the molecule is CCC(CC)(NC(=O)CNc1ccccc1)C(N)=O.Cl. The normalized spacial score (nSPS) is 10.3. The van der Waals surface area contributed by atoms with Crippen molar-refractivity contribution in [1.82, 2.24) is 5.32 Å². The van der Waals surface area contributed by atoms with Gasteiger partial charge in [-0.15, -0.1) is 12.4 Å². The predicted octanol–water partition coefficient (Wildman–Crippen LogP) is 1.68. The summed E-state index contributed by atoms with van der Waals surface area (Å²) in [5.74, 6) is -0.739. The molecule has 1 rings (SSSR count). The summed E-state index contributed by atoms with van der Waals surface area (Å²) in [5.41, 5.74) is 5.28. The Bertz CT molecular complexity index is 433. The number of rotatable bonds is 7. The lowest BCUT2D eigenvalue weighted by molar-refractivity contribution is -0.131. The van der Waals surface area contributed by atoms with Crippen molar-refractivity contribution in [1.29, 1.82) is 0 Å². The fourth-order valence-electron chi connectivity index (χ4n) is 1.89. The van der Waals surface area contributed by atoms with Gasteiger partial charge >= 0.3 is 0 Å². The summed E-state index contributed by atoms with van der Waals surface area (Å²) in [4.78, 5) is 23.4. The molecule has 0 fully saturated rings. The van der Waals surface area contributed by atoms with Crippen LogP contribution in [0.3, 0.4) is 0 Å². The molecule has 0 atom stereocenters. The highest BCUT2D eigenvalue weighted by molar-refractivity contribution is 5.91. The maximum Gasteiger partial charge on any atom is 0.243 e. The van der Waals surface area contributed by atoms with Crippen LogP contribution in [0, 0.1) is 0 Å². The number of nitrogens with two attached hydrogens (primary N) is 1. The first kappa shape index (κ1) is 18.2. The van der Waals surface area contributed by atoms with Crippen LogP contribution in [0.25, 0.3) is 0 Å². The van der Waals surface area contributed by atoms with Gasteiger partial charge in [0, 0.05) is 5.69 Å². The van der Waals surface area contributed by atoms with Gasteiger partial charge in [-0.25, -0.2) is 0 Å². The minimum absolute atomic E-state index is 0. The van der Waals surface area contributed by atoms with Crippen molar-refractivity contribution in [3.8, 4) is 0 Å². The van der Waals surface area contributed by atoms with E-state index in [4.69, 9.17) is 5.73 Å². The van der Waals surface area contributed by atoms with Crippen LogP contribution in [0.2, 0.25) is 0 Å². The number of amides is 2. The highest BCUT2D eigenvalue weighted by Crippen LogP contribution is 2.14. The number of benzene rings is 1. The summed E-state index contributed by atoms with van der Waals surface area (Å²) in [5, 5.41) is 5.71. The standard InChI is InChI=1S/C14H21N3O2.ClH/c1-3-14(4-2,13(15)19)17-12(18)10-16-11-8-6-5-7-9-11;/h5-9,16H,3-4,10H2,1-2H3,(H2,15,19)(H,17,18);1H. The predicted molar refractivity (Wildman–Crippen MR) is 82.8 cm³/mol. The van der Waals surface area contributed by atoms with Crippen molar-refractivity contribution in [2.24, 2.45) is 5.73 Å². The van der Waals surface area contributed by atoms with Crippen molar-refractivity contribution < 1.29 is 9.59 Å². The first-order valence-corrected chi connectivity index (χ1v) is 6.44. The summed E-state index contributed by atoms with van der Waals surface area (Å²) in [6.45, 7) is 3.78. The van der Waals surface area contributed by atoms with Gasteiger partial charge in [0.25, 0.3) is 0 Å². The van der Waals surface area contributed by atoms with E-state index < -0.39 is 11.4 Å². The summed E-state index contributed by atoms with van der Waals surface area (Å²) in [6.07, 6.45) is 0.964. The maximum atomic E-state index is 11.9. The third-order valence-electron chi connectivity index (χ3n) is 3.28. The fraction of sp³-hybridized carbons (Fsp3) is 0.429. The van der Waals surface area contributed by atoms with Gasteiger partial charge in [0.1, 0.15) is 5.54 Å². The molecule has 112 valence electrons. The second-order valence-corrected chi connectivity index (χ2v) is 4.42. The zero-order valence-electron chi connectivity index (χ0n) is 11.8. The molecule has 0 bridgehead atoms. The van der Waals surface area contributed by atoms with Gasteiger partial charge in [-0.1, -0.05) is 32.0 Å². The molecule has 6 heteroatoms. The van der Waals surface area contributed by atoms with Crippen molar-refractivity contribution in [3.63, 3.8) is 0 Å². The molecule has 0 spiro atoms. The number of carbonyl (C=O) groups excluding carboxylic acids is 2. The number of para-hydroxylation sites is 1. The number of halogens is 1. The Morgan fingerprint density at radius 3 is 2.15 bits per heavy atom. The summed E-state index contributed by atoms with van der Waals surface area (Å²) in [6, 6.07) is 9.40. The van der Waals surface area contributed by atoms with Gasteiger partial charge in [-0.2, -0.15) is 0 Å². The van der Waals surface area contributed by atoms with Gasteiger partial charge in [-0.05, 0) is 25.0 Å². The Labute approximate surface area is 125 Å². The van der Waals surface area contributed by atoms with Crippen LogP contribution in [0.5, 0.6) is 0 Å². The molecular weight excluding hydrogens is 278 g/mol. The zero-order chi connectivity index (χ0) is 14.3. The Morgan fingerprint density at radius 2 is 1.70 bits per heavy atom. The number of hydrogen-bond acceptors (Lipinski definition) is 3. The lowest BCUT2D eigenvalue weighted by atomic mass is 9.92. The largest absolute Gasteiger partial charge is 0.376 e. The van der Waals surface area contributed by atoms with E-state index in [1.54, 1.807) is 0 Å². The van der Waals surface area contributed by atoms with Crippen LogP contribution in [0.15, 0.2) is 30.3 Å². The molecule has 0 radical (unpaired) electrons. The Balaban J connectivity index is 0.00000361. The molecule has 0 aliphatic rings. The molecule has 0 aromatic heterocycles. The maximum absolute atomic E-state index is 11.9. The molecule has 1 aromatic carbocycles. The van der Waals surface area contributed by atoms with Crippen LogP contribution in [-0.4, -0.2) is 23.9 Å². The number of primary amides is 1. The minimum Gasteiger partial charge on any atom is -0.376 e. The van der Waals surface area contributed by atoms with Crippen LogP contribution in [0.1, 0.15) is 26.7 Å². The first-order chi connectivity index (χ1) is 9.04. The van der Waals surface area contributed by atoms with E-state index in [1.807, 2.05) is 44.2 Å². The van der Waals surface area contributed by atoms with Gasteiger partial charge < -0.3 is 16.4 Å². The van der Waals surface area contributed by atoms with Crippen molar-refractivity contribution in [2.75, 3.05) is 11.9 Å². The molecule has 5 nitrogen and oxygen atoms in total. The second-order valence-electron chi connectivity index (χ2n) is 4.42. The molecule has 4 N–H and O–H groups in total. The van der Waals surface area contributed by atoms with E-state index in [9.17, 15) is 9.59 Å². The van der Waals surface area contributed by atoms with Crippen LogP contribution < -0.4 is 16.4 Å². The summed E-state index contributed by atoms with van der Waals surface area (Å²) in [7, 11) is 0. The monoisotopic (exact) mass is 299 g/mol. The van der Waals surface area contributed by atoms with Gasteiger partial charge in [0.15, 0.2) is 0 Å². The number of nitrogens with one attached hydrogen (secondary N) is 2. The number of carbonyl (C=O) groups is 2. The second kappa shape index (κ2) is 8.43. The quantitative estimate of drug-likeness (QED) is 0.716. The van der Waals surface area contributed by atoms with Crippen LogP contribution in [0.4, 0.5) is 5.69 Å². The Hall–Kier alpha value is -1.75. The van der Waals surface area contributed by atoms with Crippen LogP contribution >= 0.6 is 12.4 Å². The van der Waals surface area contributed by atoms with E-state index in [0.717, 1.165) is 5.69 Å². The molecule has 0 heterocycles. The molecule has 2 amide bonds. The van der Waals surface area contributed by atoms with E-state index in [1.165, 1.54) is 0 Å². The zero-order valence-corrected chi connectivity index (χ0v) is 12.6.